The summed E-state index contributed by atoms with van der Waals surface area (Å²) in [5.41, 5.74) is 2.81. The molecule has 1 amide bonds. The van der Waals surface area contributed by atoms with Crippen LogP contribution in [0.25, 0.3) is 0 Å². The average Bonchev–Trinajstić information content (AvgIpc) is 2.91. The molecular formula is C16H22N2O2. The molecule has 1 saturated heterocycles. The first-order valence-electron chi connectivity index (χ1n) is 7.51. The second kappa shape index (κ2) is 5.94. The van der Waals surface area contributed by atoms with Gasteiger partial charge in [0.15, 0.2) is 0 Å². The first-order chi connectivity index (χ1) is 9.74. The molecule has 1 heterocycles. The van der Waals surface area contributed by atoms with Crippen molar-refractivity contribution in [3.8, 4) is 0 Å². The maximum Gasteiger partial charge on any atom is 0.237 e. The molecule has 0 aromatic heterocycles. The highest BCUT2D eigenvalue weighted by atomic mass is 16.3. The van der Waals surface area contributed by atoms with Gasteiger partial charge in [-0.2, -0.15) is 0 Å². The van der Waals surface area contributed by atoms with Crippen molar-refractivity contribution in [1.82, 2.24) is 10.6 Å². The summed E-state index contributed by atoms with van der Waals surface area (Å²) >= 11 is 0. The zero-order valence-electron chi connectivity index (χ0n) is 11.6. The fraction of sp³-hybridized carbons (Fsp3) is 0.562. The number of aliphatic hydroxyl groups excluding tert-OH is 1. The Hall–Kier alpha value is -1.39. The van der Waals surface area contributed by atoms with E-state index in [2.05, 4.69) is 34.9 Å². The number of aryl methyl sites for hydroxylation is 1. The Bertz CT molecular complexity index is 489. The van der Waals surface area contributed by atoms with Crippen LogP contribution in [0, 0.1) is 0 Å². The number of carbonyl (C=O) groups excluding carboxylic acids is 1. The first-order valence-corrected chi connectivity index (χ1v) is 7.51. The van der Waals surface area contributed by atoms with E-state index in [-0.39, 0.29) is 18.1 Å². The van der Waals surface area contributed by atoms with Gasteiger partial charge in [-0.3, -0.25) is 4.79 Å². The number of fused-ring (bicyclic) bond motifs is 1. The number of hydrogen-bond acceptors (Lipinski definition) is 3. The van der Waals surface area contributed by atoms with Gasteiger partial charge < -0.3 is 15.7 Å². The maximum absolute atomic E-state index is 12.1. The Morgan fingerprint density at radius 1 is 1.40 bits per heavy atom. The van der Waals surface area contributed by atoms with Crippen LogP contribution >= 0.6 is 0 Å². The second-order valence-corrected chi connectivity index (χ2v) is 5.88. The van der Waals surface area contributed by atoms with Crippen molar-refractivity contribution in [2.24, 2.45) is 0 Å². The third kappa shape index (κ3) is 2.86. The van der Waals surface area contributed by atoms with Crippen LogP contribution in [-0.2, 0) is 11.2 Å². The predicted molar refractivity (Wildman–Crippen MR) is 77.5 cm³/mol. The van der Waals surface area contributed by atoms with Gasteiger partial charge in [0, 0.05) is 19.0 Å². The summed E-state index contributed by atoms with van der Waals surface area (Å²) in [5.74, 6) is 0.444. The van der Waals surface area contributed by atoms with E-state index in [1.54, 1.807) is 0 Å². The highest BCUT2D eigenvalue weighted by molar-refractivity contribution is 5.82. The highest BCUT2D eigenvalue weighted by Crippen LogP contribution is 2.30. The molecule has 4 nitrogen and oxygen atoms in total. The van der Waals surface area contributed by atoms with E-state index >= 15 is 0 Å². The van der Waals surface area contributed by atoms with Gasteiger partial charge in [0.2, 0.25) is 5.91 Å². The lowest BCUT2D eigenvalue weighted by molar-refractivity contribution is -0.123. The zero-order valence-corrected chi connectivity index (χ0v) is 11.6. The highest BCUT2D eigenvalue weighted by Gasteiger charge is 2.28. The molecular weight excluding hydrogens is 252 g/mol. The van der Waals surface area contributed by atoms with E-state index in [4.69, 9.17) is 0 Å². The smallest absolute Gasteiger partial charge is 0.237 e. The van der Waals surface area contributed by atoms with E-state index in [0.29, 0.717) is 25.4 Å². The molecule has 20 heavy (non-hydrogen) atoms. The minimum Gasteiger partial charge on any atom is -0.392 e. The molecule has 1 aliphatic carbocycles. The molecule has 3 rings (SSSR count). The normalized spacial score (nSPS) is 28.9. The molecule has 1 aromatic carbocycles. The predicted octanol–water partition coefficient (Wildman–Crippen LogP) is 0.945. The molecule has 0 radical (unpaired) electrons. The van der Waals surface area contributed by atoms with Gasteiger partial charge in [-0.25, -0.2) is 0 Å². The lowest BCUT2D eigenvalue weighted by atomic mass is 9.83. The summed E-state index contributed by atoms with van der Waals surface area (Å²) in [6, 6.07) is 8.31. The fourth-order valence-corrected chi connectivity index (χ4v) is 3.33. The van der Waals surface area contributed by atoms with E-state index < -0.39 is 0 Å². The molecule has 3 atom stereocenters. The molecule has 3 N–H and O–H groups in total. The van der Waals surface area contributed by atoms with Crippen LogP contribution in [0.15, 0.2) is 24.3 Å². The van der Waals surface area contributed by atoms with Crippen molar-refractivity contribution in [2.45, 2.75) is 43.7 Å². The van der Waals surface area contributed by atoms with Crippen molar-refractivity contribution in [3.05, 3.63) is 35.4 Å². The van der Waals surface area contributed by atoms with Crippen LogP contribution < -0.4 is 10.6 Å². The van der Waals surface area contributed by atoms with Gasteiger partial charge in [-0.1, -0.05) is 24.3 Å². The molecule has 0 unspecified atom stereocenters. The summed E-state index contributed by atoms with van der Waals surface area (Å²) in [6.07, 6.45) is 3.61. The summed E-state index contributed by atoms with van der Waals surface area (Å²) < 4.78 is 0. The van der Waals surface area contributed by atoms with Crippen molar-refractivity contribution in [3.63, 3.8) is 0 Å². The molecule has 4 heteroatoms. The Kier molecular flexibility index (Phi) is 4.03. The Labute approximate surface area is 119 Å². The van der Waals surface area contributed by atoms with Gasteiger partial charge in [0.25, 0.3) is 0 Å². The molecule has 0 spiro atoms. The minimum atomic E-state index is -0.388. The number of hydrogen-bond donors (Lipinski definition) is 3. The zero-order chi connectivity index (χ0) is 13.9. The molecule has 2 aliphatic rings. The summed E-state index contributed by atoms with van der Waals surface area (Å²) in [7, 11) is 0. The fourth-order valence-electron chi connectivity index (χ4n) is 3.33. The monoisotopic (exact) mass is 274 g/mol. The summed E-state index contributed by atoms with van der Waals surface area (Å²) in [4.78, 5) is 12.1. The van der Waals surface area contributed by atoms with Gasteiger partial charge in [-0.15, -0.1) is 0 Å². The first kappa shape index (κ1) is 13.6. The van der Waals surface area contributed by atoms with E-state index in [0.717, 1.165) is 12.8 Å². The van der Waals surface area contributed by atoms with Crippen molar-refractivity contribution >= 4 is 5.91 Å². The molecule has 1 aromatic rings. The Morgan fingerprint density at radius 2 is 2.25 bits per heavy atom. The lowest BCUT2D eigenvalue weighted by Gasteiger charge is -2.26. The standard InChI is InChI=1S/C16H22N2O2/c19-13-8-15(17-10-13)16(20)18-9-12-6-3-5-11-4-1-2-7-14(11)12/h1-2,4,7,12-13,15,17,19H,3,5-6,8-10H2,(H,18,20)/t12-,13-,15+/m0/s1. The van der Waals surface area contributed by atoms with Crippen LogP contribution in [0.4, 0.5) is 0 Å². The third-order valence-electron chi connectivity index (χ3n) is 4.44. The number of aliphatic hydroxyl groups is 1. The van der Waals surface area contributed by atoms with Crippen LogP contribution in [0.2, 0.25) is 0 Å². The number of benzene rings is 1. The minimum absolute atomic E-state index is 0.0182. The summed E-state index contributed by atoms with van der Waals surface area (Å²) in [6.45, 7) is 1.22. The van der Waals surface area contributed by atoms with Gasteiger partial charge in [0.1, 0.15) is 0 Å². The van der Waals surface area contributed by atoms with Gasteiger partial charge in [0.05, 0.1) is 12.1 Å². The number of β-amino-alcohol motifs (C(OH)–C–C–N with tert-alkyl or cyclic N) is 1. The van der Waals surface area contributed by atoms with Crippen LogP contribution in [0.3, 0.4) is 0 Å². The largest absolute Gasteiger partial charge is 0.392 e. The third-order valence-corrected chi connectivity index (χ3v) is 4.44. The molecule has 1 fully saturated rings. The van der Waals surface area contributed by atoms with Crippen LogP contribution in [-0.4, -0.2) is 36.2 Å². The van der Waals surface area contributed by atoms with Gasteiger partial charge in [-0.05, 0) is 36.8 Å². The molecule has 0 bridgehead atoms. The van der Waals surface area contributed by atoms with Crippen molar-refractivity contribution in [2.75, 3.05) is 13.1 Å². The number of rotatable bonds is 3. The van der Waals surface area contributed by atoms with Crippen molar-refractivity contribution < 1.29 is 9.90 Å². The van der Waals surface area contributed by atoms with Crippen molar-refractivity contribution in [1.29, 1.82) is 0 Å². The van der Waals surface area contributed by atoms with E-state index in [9.17, 15) is 9.90 Å². The average molecular weight is 274 g/mol. The molecule has 108 valence electrons. The molecule has 1 aliphatic heterocycles. The van der Waals surface area contributed by atoms with E-state index in [1.807, 2.05) is 0 Å². The lowest BCUT2D eigenvalue weighted by Crippen LogP contribution is -2.42. The van der Waals surface area contributed by atoms with Crippen LogP contribution in [0.1, 0.15) is 36.3 Å². The quantitative estimate of drug-likeness (QED) is 0.769. The second-order valence-electron chi connectivity index (χ2n) is 5.88. The number of carbonyl (C=O) groups is 1. The van der Waals surface area contributed by atoms with Gasteiger partial charge >= 0.3 is 0 Å². The Balaban J connectivity index is 1.58. The van der Waals surface area contributed by atoms with Crippen LogP contribution in [0.5, 0.6) is 0 Å². The summed E-state index contributed by atoms with van der Waals surface area (Å²) in [5, 5.41) is 15.5. The molecule has 0 saturated carbocycles. The number of amides is 1. The maximum atomic E-state index is 12.1. The SMILES string of the molecule is O=C(NC[C@@H]1CCCc2ccccc21)[C@H]1C[C@H](O)CN1. The topological polar surface area (TPSA) is 61.4 Å². The van der Waals surface area contributed by atoms with E-state index in [1.165, 1.54) is 17.5 Å². The number of nitrogens with one attached hydrogen (secondary N) is 2. The Morgan fingerprint density at radius 3 is 3.05 bits per heavy atom.